The molecule has 1 heterocycles. The molecule has 8 heteroatoms. The van der Waals surface area contributed by atoms with Crippen molar-refractivity contribution in [2.24, 2.45) is 7.05 Å². The summed E-state index contributed by atoms with van der Waals surface area (Å²) in [7, 11) is 2.99. The second-order valence-electron chi connectivity index (χ2n) is 4.49. The molecule has 0 bridgehead atoms. The van der Waals surface area contributed by atoms with E-state index in [0.29, 0.717) is 5.56 Å². The number of ketones is 1. The number of benzene rings is 1. The lowest BCUT2D eigenvalue weighted by atomic mass is 10.1. The molecule has 0 saturated carbocycles. The number of carbonyl (C=O) groups excluding carboxylic acids is 1. The number of carbonyl (C=O) groups is 1. The number of methoxy groups -OCH3 is 1. The standard InChI is InChI=1S/C15H13ClF2N2O3/c1-20-8-10(16)14(19-20)11(21)5-3-9-4-6-12(23-15(17)18)13(7-9)22-2/h3-8,15H,1-2H3/b5-3+. The Hall–Kier alpha value is -2.41. The summed E-state index contributed by atoms with van der Waals surface area (Å²) in [6.07, 6.45) is 4.31. The summed E-state index contributed by atoms with van der Waals surface area (Å²) in [4.78, 5) is 12.0. The van der Waals surface area contributed by atoms with Gasteiger partial charge in [-0.2, -0.15) is 13.9 Å². The van der Waals surface area contributed by atoms with Crippen LogP contribution in [0.4, 0.5) is 8.78 Å². The molecule has 0 fully saturated rings. The first kappa shape index (κ1) is 17.0. The van der Waals surface area contributed by atoms with Crippen molar-refractivity contribution in [3.8, 4) is 11.5 Å². The fourth-order valence-electron chi connectivity index (χ4n) is 1.86. The molecular weight excluding hydrogens is 330 g/mol. The molecule has 0 N–H and O–H groups in total. The number of rotatable bonds is 6. The number of hydrogen-bond donors (Lipinski definition) is 0. The number of aromatic nitrogens is 2. The van der Waals surface area contributed by atoms with Crippen molar-refractivity contribution in [3.63, 3.8) is 0 Å². The van der Waals surface area contributed by atoms with Crippen molar-refractivity contribution >= 4 is 23.5 Å². The van der Waals surface area contributed by atoms with Gasteiger partial charge in [-0.3, -0.25) is 9.48 Å². The van der Waals surface area contributed by atoms with Gasteiger partial charge in [0.25, 0.3) is 0 Å². The van der Waals surface area contributed by atoms with E-state index in [1.165, 1.54) is 48.3 Å². The maximum atomic E-state index is 12.3. The highest BCUT2D eigenvalue weighted by molar-refractivity contribution is 6.34. The zero-order valence-corrected chi connectivity index (χ0v) is 13.1. The second kappa shape index (κ2) is 7.23. The first-order valence-corrected chi connectivity index (χ1v) is 6.83. The number of ether oxygens (including phenoxy) is 2. The molecule has 0 radical (unpaired) electrons. The zero-order valence-electron chi connectivity index (χ0n) is 12.3. The Bertz CT molecular complexity index is 744. The van der Waals surface area contributed by atoms with Gasteiger partial charge in [-0.05, 0) is 23.8 Å². The van der Waals surface area contributed by atoms with Gasteiger partial charge < -0.3 is 9.47 Å². The molecule has 1 aromatic heterocycles. The van der Waals surface area contributed by atoms with Crippen LogP contribution in [0.1, 0.15) is 16.1 Å². The van der Waals surface area contributed by atoms with E-state index in [0.717, 1.165) is 0 Å². The van der Waals surface area contributed by atoms with Gasteiger partial charge in [-0.25, -0.2) is 0 Å². The Morgan fingerprint density at radius 3 is 2.70 bits per heavy atom. The number of hydrogen-bond acceptors (Lipinski definition) is 4. The van der Waals surface area contributed by atoms with Crippen molar-refractivity contribution < 1.29 is 23.0 Å². The number of alkyl halides is 2. The van der Waals surface area contributed by atoms with Crippen LogP contribution in [-0.4, -0.2) is 29.3 Å². The van der Waals surface area contributed by atoms with E-state index >= 15 is 0 Å². The van der Waals surface area contributed by atoms with Crippen LogP contribution >= 0.6 is 11.6 Å². The van der Waals surface area contributed by atoms with Crippen molar-refractivity contribution in [2.75, 3.05) is 7.11 Å². The van der Waals surface area contributed by atoms with Crippen molar-refractivity contribution in [1.82, 2.24) is 9.78 Å². The smallest absolute Gasteiger partial charge is 0.387 e. The normalized spacial score (nSPS) is 11.2. The van der Waals surface area contributed by atoms with Crippen LogP contribution in [0.5, 0.6) is 11.5 Å². The van der Waals surface area contributed by atoms with Gasteiger partial charge in [0.1, 0.15) is 0 Å². The minimum absolute atomic E-state index is 0.0845. The van der Waals surface area contributed by atoms with E-state index in [1.54, 1.807) is 7.05 Å². The Kier molecular flexibility index (Phi) is 5.33. The Morgan fingerprint density at radius 2 is 2.13 bits per heavy atom. The predicted molar refractivity (Wildman–Crippen MR) is 81.2 cm³/mol. The molecule has 0 spiro atoms. The summed E-state index contributed by atoms with van der Waals surface area (Å²) < 4.78 is 35.3. The Balaban J connectivity index is 2.19. The van der Waals surface area contributed by atoms with Gasteiger partial charge in [0.05, 0.1) is 12.1 Å². The molecule has 0 aliphatic heterocycles. The van der Waals surface area contributed by atoms with Crippen LogP contribution in [0, 0.1) is 0 Å². The Morgan fingerprint density at radius 1 is 1.39 bits per heavy atom. The topological polar surface area (TPSA) is 53.3 Å². The molecule has 122 valence electrons. The van der Waals surface area contributed by atoms with E-state index in [9.17, 15) is 13.6 Å². The molecule has 2 aromatic rings. The maximum absolute atomic E-state index is 12.3. The molecule has 0 saturated heterocycles. The molecule has 23 heavy (non-hydrogen) atoms. The lowest BCUT2D eigenvalue weighted by Gasteiger charge is -2.10. The van der Waals surface area contributed by atoms with Gasteiger partial charge in [-0.1, -0.05) is 23.7 Å². The molecule has 5 nitrogen and oxygen atoms in total. The molecule has 0 aliphatic rings. The van der Waals surface area contributed by atoms with E-state index in [-0.39, 0.29) is 28.0 Å². The summed E-state index contributed by atoms with van der Waals surface area (Å²) in [6, 6.07) is 4.33. The van der Waals surface area contributed by atoms with Gasteiger partial charge in [0, 0.05) is 13.2 Å². The summed E-state index contributed by atoms with van der Waals surface area (Å²) in [5, 5.41) is 4.21. The van der Waals surface area contributed by atoms with Gasteiger partial charge >= 0.3 is 6.61 Å². The molecule has 0 amide bonds. The summed E-state index contributed by atoms with van der Waals surface area (Å²) in [5.41, 5.74) is 0.707. The lowest BCUT2D eigenvalue weighted by Crippen LogP contribution is -2.03. The van der Waals surface area contributed by atoms with Crippen molar-refractivity contribution in [2.45, 2.75) is 6.61 Å². The van der Waals surface area contributed by atoms with Crippen LogP contribution in [0.2, 0.25) is 5.02 Å². The Labute approximate surface area is 136 Å². The minimum Gasteiger partial charge on any atom is -0.493 e. The molecule has 2 rings (SSSR count). The van der Waals surface area contributed by atoms with Crippen LogP contribution < -0.4 is 9.47 Å². The quantitative estimate of drug-likeness (QED) is 0.595. The predicted octanol–water partition coefficient (Wildman–Crippen LogP) is 3.58. The van der Waals surface area contributed by atoms with Crippen LogP contribution in [0.3, 0.4) is 0 Å². The van der Waals surface area contributed by atoms with Crippen LogP contribution in [-0.2, 0) is 7.05 Å². The highest BCUT2D eigenvalue weighted by atomic mass is 35.5. The van der Waals surface area contributed by atoms with E-state index in [4.69, 9.17) is 16.3 Å². The average molecular weight is 343 g/mol. The highest BCUT2D eigenvalue weighted by Gasteiger charge is 2.13. The summed E-state index contributed by atoms with van der Waals surface area (Å²) in [5.74, 6) is -0.322. The summed E-state index contributed by atoms with van der Waals surface area (Å²) >= 11 is 5.89. The molecule has 0 aliphatic carbocycles. The second-order valence-corrected chi connectivity index (χ2v) is 4.89. The molecule has 1 aromatic carbocycles. The molecule has 0 atom stereocenters. The number of allylic oxidation sites excluding steroid dienone is 1. The van der Waals surface area contributed by atoms with Crippen LogP contribution in [0.15, 0.2) is 30.5 Å². The molecule has 0 unspecified atom stereocenters. The summed E-state index contributed by atoms with van der Waals surface area (Å²) in [6.45, 7) is -2.95. The van der Waals surface area contributed by atoms with Gasteiger partial charge in [0.15, 0.2) is 17.2 Å². The number of aryl methyl sites for hydroxylation is 1. The highest BCUT2D eigenvalue weighted by Crippen LogP contribution is 2.30. The van der Waals surface area contributed by atoms with Gasteiger partial charge in [-0.15, -0.1) is 0 Å². The van der Waals surface area contributed by atoms with E-state index in [2.05, 4.69) is 9.84 Å². The first-order valence-electron chi connectivity index (χ1n) is 6.45. The SMILES string of the molecule is COc1cc(/C=C/C(=O)c2nn(C)cc2Cl)ccc1OC(F)F. The fraction of sp³-hybridized carbons (Fsp3) is 0.200. The zero-order chi connectivity index (χ0) is 17.0. The number of halogens is 3. The molecular formula is C15H13ClF2N2O3. The lowest BCUT2D eigenvalue weighted by molar-refractivity contribution is -0.0512. The largest absolute Gasteiger partial charge is 0.493 e. The number of nitrogens with zero attached hydrogens (tertiary/aromatic N) is 2. The maximum Gasteiger partial charge on any atom is 0.387 e. The van der Waals surface area contributed by atoms with Gasteiger partial charge in [0.2, 0.25) is 5.78 Å². The van der Waals surface area contributed by atoms with E-state index in [1.807, 2.05) is 0 Å². The minimum atomic E-state index is -2.95. The van der Waals surface area contributed by atoms with E-state index < -0.39 is 6.61 Å². The van der Waals surface area contributed by atoms with Crippen LogP contribution in [0.25, 0.3) is 6.08 Å². The third kappa shape index (κ3) is 4.29. The van der Waals surface area contributed by atoms with Crippen molar-refractivity contribution in [1.29, 1.82) is 0 Å². The first-order chi connectivity index (χ1) is 10.9. The third-order valence-corrected chi connectivity index (χ3v) is 3.13. The van der Waals surface area contributed by atoms with Crippen molar-refractivity contribution in [3.05, 3.63) is 46.8 Å². The average Bonchev–Trinajstić information content (AvgIpc) is 2.84. The fourth-order valence-corrected chi connectivity index (χ4v) is 2.13. The third-order valence-electron chi connectivity index (χ3n) is 2.85. The monoisotopic (exact) mass is 342 g/mol.